The minimum absolute atomic E-state index is 1.24. The Bertz CT molecular complexity index is 628. The largest absolute Gasteiger partial charge is 0.0784 e. The number of benzene rings is 2. The number of aryl methyl sites for hydroxylation is 2. The molecule has 0 saturated carbocycles. The Hall–Kier alpha value is -0.866. The molecule has 0 radical (unpaired) electrons. The molecule has 20 heavy (non-hydrogen) atoms. The van der Waals surface area contributed by atoms with Crippen LogP contribution in [0.3, 0.4) is 0 Å². The van der Waals surface area contributed by atoms with Gasteiger partial charge in [-0.2, -0.15) is 0 Å². The lowest BCUT2D eigenvalue weighted by atomic mass is 10.0. The molecule has 0 fully saturated rings. The van der Waals surface area contributed by atoms with Crippen LogP contribution in [0.4, 0.5) is 0 Å². The van der Waals surface area contributed by atoms with Gasteiger partial charge >= 0.3 is 0 Å². The van der Waals surface area contributed by atoms with Gasteiger partial charge in [-0.1, -0.05) is 73.9 Å². The Morgan fingerprint density at radius 3 is 1.35 bits per heavy atom. The van der Waals surface area contributed by atoms with Gasteiger partial charge in [-0.3, -0.25) is 0 Å². The van der Waals surface area contributed by atoms with Gasteiger partial charge in [0.2, 0.25) is 0 Å². The zero-order valence-electron chi connectivity index (χ0n) is 13.7. The van der Waals surface area contributed by atoms with Crippen LogP contribution in [-0.2, 0) is 12.8 Å². The molecule has 0 aromatic heterocycles. The lowest BCUT2D eigenvalue weighted by Gasteiger charge is -2.26. The quantitative estimate of drug-likeness (QED) is 0.734. The van der Waals surface area contributed by atoms with Crippen molar-refractivity contribution in [2.75, 3.05) is 0 Å². The summed E-state index contributed by atoms with van der Waals surface area (Å²) in [5.41, 5.74) is 3.19. The van der Waals surface area contributed by atoms with Crippen molar-refractivity contribution in [3.05, 3.63) is 35.4 Å². The van der Waals surface area contributed by atoms with E-state index in [4.69, 9.17) is 0 Å². The van der Waals surface area contributed by atoms with Gasteiger partial charge in [0.1, 0.15) is 0 Å². The predicted octanol–water partition coefficient (Wildman–Crippen LogP) is 4.03. The fourth-order valence-electron chi connectivity index (χ4n) is 3.58. The summed E-state index contributed by atoms with van der Waals surface area (Å²) in [5, 5.41) is 6.65. The molecule has 0 saturated heterocycles. The van der Waals surface area contributed by atoms with Crippen LogP contribution in [0.5, 0.6) is 0 Å². The van der Waals surface area contributed by atoms with Crippen LogP contribution >= 0.6 is 0 Å². The summed E-state index contributed by atoms with van der Waals surface area (Å²) in [4.78, 5) is 0. The third-order valence-electron chi connectivity index (χ3n) is 4.61. The first-order valence-electron chi connectivity index (χ1n) is 7.78. The topological polar surface area (TPSA) is 0 Å². The van der Waals surface area contributed by atoms with Crippen molar-refractivity contribution in [2.45, 2.75) is 52.1 Å². The summed E-state index contributed by atoms with van der Waals surface area (Å²) in [6.45, 7) is 14.9. The van der Waals surface area contributed by atoms with Crippen molar-refractivity contribution in [2.24, 2.45) is 0 Å². The number of hydrogen-bond acceptors (Lipinski definition) is 0. The molecule has 0 aliphatic heterocycles. The average molecular weight is 299 g/mol. The van der Waals surface area contributed by atoms with Gasteiger partial charge in [-0.15, -0.1) is 0 Å². The van der Waals surface area contributed by atoms with Gasteiger partial charge in [0.05, 0.1) is 16.1 Å². The summed E-state index contributed by atoms with van der Waals surface area (Å²) in [6.07, 6.45) is 2.49. The minimum atomic E-state index is -1.30. The second kappa shape index (κ2) is 4.31. The summed E-state index contributed by atoms with van der Waals surface area (Å²) in [5.74, 6) is 0. The van der Waals surface area contributed by atoms with E-state index in [2.05, 4.69) is 63.5 Å². The normalized spacial score (nSPS) is 15.1. The second-order valence-corrected chi connectivity index (χ2v) is 18.4. The van der Waals surface area contributed by atoms with E-state index in [9.17, 15) is 0 Å². The van der Waals surface area contributed by atoms with E-state index in [1.807, 2.05) is 0 Å². The molecule has 2 aromatic carbocycles. The van der Waals surface area contributed by atoms with E-state index >= 15 is 0 Å². The fraction of sp³-hybridized carbons (Fsp3) is 0.444. The molecule has 0 spiro atoms. The van der Waals surface area contributed by atoms with Gasteiger partial charge in [0.15, 0.2) is 0 Å². The van der Waals surface area contributed by atoms with Crippen LogP contribution in [0.25, 0.3) is 10.8 Å². The average Bonchev–Trinajstić information content (AvgIpc) is 2.72. The van der Waals surface area contributed by atoms with Crippen molar-refractivity contribution in [3.8, 4) is 0 Å². The van der Waals surface area contributed by atoms with Crippen molar-refractivity contribution in [1.82, 2.24) is 0 Å². The smallest absolute Gasteiger partial charge is 0.0656 e. The van der Waals surface area contributed by atoms with Crippen LogP contribution in [0.1, 0.15) is 11.1 Å². The summed E-state index contributed by atoms with van der Waals surface area (Å²) in [6, 6.07) is 9.76. The molecule has 2 heteroatoms. The molecule has 2 aromatic rings. The van der Waals surface area contributed by atoms with Crippen LogP contribution < -0.4 is 10.4 Å². The third-order valence-corrected chi connectivity index (χ3v) is 8.68. The third kappa shape index (κ3) is 2.10. The molecule has 0 amide bonds. The van der Waals surface area contributed by atoms with Crippen LogP contribution in [0.2, 0.25) is 39.3 Å². The highest BCUT2D eigenvalue weighted by Gasteiger charge is 2.28. The molecule has 0 bridgehead atoms. The maximum Gasteiger partial charge on any atom is 0.0784 e. The maximum atomic E-state index is 2.49. The van der Waals surface area contributed by atoms with Gasteiger partial charge in [-0.25, -0.2) is 0 Å². The lowest BCUT2D eigenvalue weighted by Crippen LogP contribution is -2.45. The molecule has 106 valence electrons. The summed E-state index contributed by atoms with van der Waals surface area (Å²) < 4.78 is 0. The van der Waals surface area contributed by atoms with Crippen molar-refractivity contribution in [1.29, 1.82) is 0 Å². The van der Waals surface area contributed by atoms with E-state index in [1.165, 1.54) is 12.8 Å². The SMILES string of the molecule is C[Si](C)(C)c1ccc2c3c(ccc([Si](C)(C)C)c13)CC2. The Morgan fingerprint density at radius 1 is 0.600 bits per heavy atom. The van der Waals surface area contributed by atoms with Crippen molar-refractivity contribution < 1.29 is 0 Å². The number of rotatable bonds is 2. The van der Waals surface area contributed by atoms with Gasteiger partial charge in [-0.05, 0) is 34.7 Å². The fourth-order valence-corrected chi connectivity index (χ4v) is 6.89. The lowest BCUT2D eigenvalue weighted by molar-refractivity contribution is 1.02. The summed E-state index contributed by atoms with van der Waals surface area (Å²) >= 11 is 0. The highest BCUT2D eigenvalue weighted by atomic mass is 28.3. The Labute approximate surface area is 125 Å². The van der Waals surface area contributed by atoms with Gasteiger partial charge in [0, 0.05) is 0 Å². The van der Waals surface area contributed by atoms with E-state index in [-0.39, 0.29) is 0 Å². The molecule has 0 atom stereocenters. The van der Waals surface area contributed by atoms with Gasteiger partial charge in [0.25, 0.3) is 0 Å². The molecule has 0 unspecified atom stereocenters. The van der Waals surface area contributed by atoms with E-state index in [0.717, 1.165) is 0 Å². The second-order valence-electron chi connectivity index (χ2n) is 8.29. The minimum Gasteiger partial charge on any atom is -0.0656 e. The first-order valence-corrected chi connectivity index (χ1v) is 14.8. The molecular formula is C18H26Si2. The first-order chi connectivity index (χ1) is 9.19. The van der Waals surface area contributed by atoms with E-state index < -0.39 is 16.1 Å². The monoisotopic (exact) mass is 298 g/mol. The van der Waals surface area contributed by atoms with E-state index in [0.29, 0.717) is 0 Å². The molecule has 1 aliphatic rings. The Morgan fingerprint density at radius 2 is 1.00 bits per heavy atom. The van der Waals surface area contributed by atoms with Crippen LogP contribution in [-0.4, -0.2) is 16.1 Å². The molecular weight excluding hydrogens is 272 g/mol. The zero-order chi connectivity index (χ0) is 14.7. The molecule has 1 aliphatic carbocycles. The summed E-state index contributed by atoms with van der Waals surface area (Å²) in [7, 11) is -2.61. The number of hydrogen-bond donors (Lipinski definition) is 0. The van der Waals surface area contributed by atoms with E-state index in [1.54, 1.807) is 32.3 Å². The zero-order valence-corrected chi connectivity index (χ0v) is 15.7. The van der Waals surface area contributed by atoms with Gasteiger partial charge < -0.3 is 0 Å². The standard InChI is InChI=1S/C18H26Si2/c1-19(2,3)15-11-9-13-7-8-14-10-12-16(20(4,5)6)18(15)17(13)14/h9-12H,7-8H2,1-6H3. The highest BCUT2D eigenvalue weighted by molar-refractivity contribution is 6.94. The molecule has 0 nitrogen and oxygen atoms in total. The predicted molar refractivity (Wildman–Crippen MR) is 97.3 cm³/mol. The Balaban J connectivity index is 2.49. The highest BCUT2D eigenvalue weighted by Crippen LogP contribution is 2.31. The first kappa shape index (κ1) is 14.1. The molecule has 0 N–H and O–H groups in total. The molecule has 0 heterocycles. The van der Waals surface area contributed by atoms with Crippen LogP contribution in [0.15, 0.2) is 24.3 Å². The van der Waals surface area contributed by atoms with Crippen LogP contribution in [0, 0.1) is 0 Å². The van der Waals surface area contributed by atoms with Crippen molar-refractivity contribution >= 4 is 37.3 Å². The molecule has 3 rings (SSSR count). The Kier molecular flexibility index (Phi) is 3.04. The maximum absolute atomic E-state index is 2.49. The van der Waals surface area contributed by atoms with Crippen molar-refractivity contribution in [3.63, 3.8) is 0 Å².